The molecule has 0 saturated carbocycles. The lowest BCUT2D eigenvalue weighted by molar-refractivity contribution is -0.120. The standard InChI is InChI=1S/C25H42N2O3/c1-6-7-8-9-10-11-12-19(2)21-16-13-20(14-17-21)15-18-22(23(26)28)27-24(29)30-25(3,4)5/h13-14,16-17,19,22H,6-12,15,18H2,1-5H3,(H2,26,28)(H,27,29). The first-order chi connectivity index (χ1) is 14.1. The lowest BCUT2D eigenvalue weighted by atomic mass is 9.93. The molecule has 0 aliphatic rings. The van der Waals surface area contributed by atoms with Gasteiger partial charge in [-0.15, -0.1) is 0 Å². The summed E-state index contributed by atoms with van der Waals surface area (Å²) >= 11 is 0. The van der Waals surface area contributed by atoms with E-state index in [1.165, 1.54) is 50.5 Å². The van der Waals surface area contributed by atoms with Gasteiger partial charge in [0.05, 0.1) is 0 Å². The van der Waals surface area contributed by atoms with E-state index in [1.54, 1.807) is 20.8 Å². The normalized spacial score (nSPS) is 13.5. The molecule has 0 aromatic heterocycles. The van der Waals surface area contributed by atoms with E-state index in [2.05, 4.69) is 43.4 Å². The number of carbonyl (C=O) groups is 2. The molecular formula is C25H42N2O3. The summed E-state index contributed by atoms with van der Waals surface area (Å²) in [6.45, 7) is 9.87. The van der Waals surface area contributed by atoms with Gasteiger partial charge in [0.2, 0.25) is 5.91 Å². The lowest BCUT2D eigenvalue weighted by Crippen LogP contribution is -2.46. The maximum absolute atomic E-state index is 11.9. The van der Waals surface area contributed by atoms with Crippen LogP contribution >= 0.6 is 0 Å². The zero-order valence-electron chi connectivity index (χ0n) is 19.6. The van der Waals surface area contributed by atoms with Crippen molar-refractivity contribution in [3.8, 4) is 0 Å². The Labute approximate surface area is 183 Å². The number of aryl methyl sites for hydroxylation is 1. The highest BCUT2D eigenvalue weighted by Crippen LogP contribution is 2.23. The minimum absolute atomic E-state index is 0.446. The van der Waals surface area contributed by atoms with Crippen molar-refractivity contribution in [1.29, 1.82) is 0 Å². The van der Waals surface area contributed by atoms with Crippen LogP contribution in [0, 0.1) is 0 Å². The van der Waals surface area contributed by atoms with Gasteiger partial charge in [0, 0.05) is 0 Å². The van der Waals surface area contributed by atoms with Crippen molar-refractivity contribution < 1.29 is 14.3 Å². The Balaban J connectivity index is 2.46. The number of unbranched alkanes of at least 4 members (excludes halogenated alkanes) is 5. The maximum atomic E-state index is 11.9. The van der Waals surface area contributed by atoms with Gasteiger partial charge < -0.3 is 15.8 Å². The number of rotatable bonds is 13. The smallest absolute Gasteiger partial charge is 0.408 e. The van der Waals surface area contributed by atoms with Gasteiger partial charge >= 0.3 is 6.09 Å². The molecule has 3 N–H and O–H groups in total. The van der Waals surface area contributed by atoms with Crippen LogP contribution in [-0.2, 0) is 16.0 Å². The Hall–Kier alpha value is -2.04. The van der Waals surface area contributed by atoms with Gasteiger partial charge in [-0.25, -0.2) is 4.79 Å². The highest BCUT2D eigenvalue weighted by molar-refractivity contribution is 5.84. The first kappa shape index (κ1) is 26.0. The Morgan fingerprint density at radius 1 is 1.00 bits per heavy atom. The molecule has 0 aliphatic heterocycles. The largest absolute Gasteiger partial charge is 0.444 e. The summed E-state index contributed by atoms with van der Waals surface area (Å²) in [5, 5.41) is 2.58. The van der Waals surface area contributed by atoms with Crippen LogP contribution in [-0.4, -0.2) is 23.6 Å². The number of ether oxygens (including phenoxy) is 1. The molecule has 0 aliphatic carbocycles. The predicted octanol–water partition coefficient (Wildman–Crippen LogP) is 5.85. The summed E-state index contributed by atoms with van der Waals surface area (Å²) in [5.41, 5.74) is 7.32. The molecule has 2 atom stereocenters. The van der Waals surface area contributed by atoms with Crippen molar-refractivity contribution in [2.75, 3.05) is 0 Å². The molecule has 1 aromatic carbocycles. The number of benzene rings is 1. The van der Waals surface area contributed by atoms with Crippen LogP contribution in [0.2, 0.25) is 0 Å². The van der Waals surface area contributed by atoms with Crippen LogP contribution in [0.15, 0.2) is 24.3 Å². The Morgan fingerprint density at radius 2 is 1.60 bits per heavy atom. The van der Waals surface area contributed by atoms with E-state index in [0.29, 0.717) is 18.8 Å². The molecule has 0 heterocycles. The predicted molar refractivity (Wildman–Crippen MR) is 124 cm³/mol. The average Bonchev–Trinajstić information content (AvgIpc) is 2.66. The van der Waals surface area contributed by atoms with Crippen molar-refractivity contribution in [3.05, 3.63) is 35.4 Å². The molecule has 170 valence electrons. The molecule has 0 saturated heterocycles. The first-order valence-electron chi connectivity index (χ1n) is 11.5. The van der Waals surface area contributed by atoms with Gasteiger partial charge in [0.1, 0.15) is 11.6 Å². The quantitative estimate of drug-likeness (QED) is 0.394. The van der Waals surface area contributed by atoms with Crippen molar-refractivity contribution in [2.45, 2.75) is 110 Å². The van der Waals surface area contributed by atoms with Crippen LogP contribution in [0.25, 0.3) is 0 Å². The molecular weight excluding hydrogens is 376 g/mol. The van der Waals surface area contributed by atoms with Crippen molar-refractivity contribution in [3.63, 3.8) is 0 Å². The molecule has 0 spiro atoms. The third-order valence-corrected chi connectivity index (χ3v) is 5.30. The first-order valence-corrected chi connectivity index (χ1v) is 11.5. The molecule has 0 radical (unpaired) electrons. The van der Waals surface area contributed by atoms with Gasteiger partial charge in [0.15, 0.2) is 0 Å². The van der Waals surface area contributed by atoms with Gasteiger partial charge in [-0.1, -0.05) is 76.6 Å². The minimum Gasteiger partial charge on any atom is -0.444 e. The third kappa shape index (κ3) is 11.2. The van der Waals surface area contributed by atoms with Crippen LogP contribution < -0.4 is 11.1 Å². The third-order valence-electron chi connectivity index (χ3n) is 5.30. The second-order valence-electron chi connectivity index (χ2n) is 9.34. The van der Waals surface area contributed by atoms with E-state index in [1.807, 2.05) is 0 Å². The molecule has 5 heteroatoms. The summed E-state index contributed by atoms with van der Waals surface area (Å²) in [6, 6.07) is 7.83. The van der Waals surface area contributed by atoms with Crippen molar-refractivity contribution in [2.24, 2.45) is 5.73 Å². The minimum atomic E-state index is -0.744. The number of hydrogen-bond donors (Lipinski definition) is 2. The van der Waals surface area contributed by atoms with Crippen LogP contribution in [0.4, 0.5) is 4.79 Å². The van der Waals surface area contributed by atoms with Crippen molar-refractivity contribution >= 4 is 12.0 Å². The summed E-state index contributed by atoms with van der Waals surface area (Å²) in [4.78, 5) is 23.6. The van der Waals surface area contributed by atoms with E-state index >= 15 is 0 Å². The zero-order valence-corrected chi connectivity index (χ0v) is 19.6. The molecule has 1 aromatic rings. The van der Waals surface area contributed by atoms with E-state index in [9.17, 15) is 9.59 Å². The Morgan fingerprint density at radius 3 is 2.17 bits per heavy atom. The number of hydrogen-bond acceptors (Lipinski definition) is 3. The molecule has 2 unspecified atom stereocenters. The van der Waals surface area contributed by atoms with Crippen molar-refractivity contribution in [1.82, 2.24) is 5.32 Å². The fourth-order valence-corrected chi connectivity index (χ4v) is 3.46. The van der Waals surface area contributed by atoms with Crippen LogP contribution in [0.3, 0.4) is 0 Å². The lowest BCUT2D eigenvalue weighted by Gasteiger charge is -2.22. The number of nitrogens with two attached hydrogens (primary N) is 1. The summed E-state index contributed by atoms with van der Waals surface area (Å²) in [7, 11) is 0. The van der Waals surface area contributed by atoms with E-state index in [4.69, 9.17) is 10.5 Å². The number of nitrogens with one attached hydrogen (secondary N) is 1. The topological polar surface area (TPSA) is 81.4 Å². The molecule has 30 heavy (non-hydrogen) atoms. The molecule has 0 bridgehead atoms. The SMILES string of the molecule is CCCCCCCCC(C)c1ccc(CCC(NC(=O)OC(C)(C)C)C(N)=O)cc1. The number of primary amides is 1. The maximum Gasteiger partial charge on any atom is 0.408 e. The fourth-order valence-electron chi connectivity index (χ4n) is 3.46. The van der Waals surface area contributed by atoms with Gasteiger partial charge in [-0.05, 0) is 57.1 Å². The number of amides is 2. The van der Waals surface area contributed by atoms with E-state index < -0.39 is 23.6 Å². The number of carbonyl (C=O) groups excluding carboxylic acids is 2. The molecule has 1 rings (SSSR count). The fraction of sp³-hybridized carbons (Fsp3) is 0.680. The van der Waals surface area contributed by atoms with Gasteiger partial charge in [-0.3, -0.25) is 4.79 Å². The van der Waals surface area contributed by atoms with Gasteiger partial charge in [-0.2, -0.15) is 0 Å². The Kier molecular flexibility index (Phi) is 11.5. The summed E-state index contributed by atoms with van der Waals surface area (Å²) in [5.74, 6) is 0.00228. The molecule has 0 fully saturated rings. The van der Waals surface area contributed by atoms with Gasteiger partial charge in [0.25, 0.3) is 0 Å². The van der Waals surface area contributed by atoms with E-state index in [-0.39, 0.29) is 0 Å². The molecule has 5 nitrogen and oxygen atoms in total. The highest BCUT2D eigenvalue weighted by Gasteiger charge is 2.22. The second-order valence-corrected chi connectivity index (χ2v) is 9.34. The highest BCUT2D eigenvalue weighted by atomic mass is 16.6. The van der Waals surface area contributed by atoms with E-state index in [0.717, 1.165) is 5.56 Å². The van der Waals surface area contributed by atoms with Crippen LogP contribution in [0.1, 0.15) is 103 Å². The van der Waals surface area contributed by atoms with Crippen LogP contribution in [0.5, 0.6) is 0 Å². The average molecular weight is 419 g/mol. The number of alkyl carbamates (subject to hydrolysis) is 1. The summed E-state index contributed by atoms with van der Waals surface area (Å²) in [6.07, 6.45) is 9.65. The molecule has 2 amide bonds. The monoisotopic (exact) mass is 418 g/mol. The zero-order chi connectivity index (χ0) is 22.6. The second kappa shape index (κ2) is 13.3. The Bertz CT molecular complexity index is 635. The summed E-state index contributed by atoms with van der Waals surface area (Å²) < 4.78 is 5.21.